The van der Waals surface area contributed by atoms with Crippen molar-refractivity contribution < 1.29 is 29.9 Å². The van der Waals surface area contributed by atoms with Crippen molar-refractivity contribution in [3.63, 3.8) is 0 Å². The second kappa shape index (κ2) is 4.32. The highest BCUT2D eigenvalue weighted by molar-refractivity contribution is 4.88. The van der Waals surface area contributed by atoms with Crippen LogP contribution in [0.3, 0.4) is 0 Å². The molecule has 13 heavy (non-hydrogen) atoms. The molecule has 0 aliphatic carbocycles. The molecule has 1 fully saturated rings. The van der Waals surface area contributed by atoms with Gasteiger partial charge in [-0.05, 0) is 0 Å². The zero-order valence-electron chi connectivity index (χ0n) is 7.20. The van der Waals surface area contributed by atoms with E-state index in [4.69, 9.17) is 14.6 Å². The van der Waals surface area contributed by atoms with Crippen molar-refractivity contribution in [2.45, 2.75) is 30.7 Å². The van der Waals surface area contributed by atoms with Crippen LogP contribution in [-0.4, -0.2) is 64.8 Å². The molecule has 4 N–H and O–H groups in total. The Bertz CT molecular complexity index is 143. The van der Waals surface area contributed by atoms with Crippen molar-refractivity contribution in [1.82, 2.24) is 0 Å². The topological polar surface area (TPSA) is 99.4 Å². The average molecular weight is 194 g/mol. The second-order valence-electron chi connectivity index (χ2n) is 2.93. The molecular weight excluding hydrogens is 180 g/mol. The van der Waals surface area contributed by atoms with Gasteiger partial charge in [0.15, 0.2) is 6.29 Å². The van der Waals surface area contributed by atoms with Crippen molar-refractivity contribution in [1.29, 1.82) is 0 Å². The van der Waals surface area contributed by atoms with E-state index in [0.717, 1.165) is 0 Å². The fourth-order valence-corrected chi connectivity index (χ4v) is 1.26. The summed E-state index contributed by atoms with van der Waals surface area (Å²) in [7, 11) is 1.30. The van der Waals surface area contributed by atoms with E-state index in [9.17, 15) is 15.3 Å². The Balaban J connectivity index is 2.66. The van der Waals surface area contributed by atoms with Crippen molar-refractivity contribution in [3.05, 3.63) is 0 Å². The average Bonchev–Trinajstić information content (AvgIpc) is 2.15. The lowest BCUT2D eigenvalue weighted by Gasteiger charge is -2.38. The molecule has 1 aliphatic rings. The van der Waals surface area contributed by atoms with Crippen LogP contribution in [0.2, 0.25) is 0 Å². The summed E-state index contributed by atoms with van der Waals surface area (Å²) in [4.78, 5) is 0. The fraction of sp³-hybridized carbons (Fsp3) is 1.00. The molecule has 0 aromatic carbocycles. The van der Waals surface area contributed by atoms with Crippen LogP contribution < -0.4 is 0 Å². The molecular formula is C7H14O6. The Morgan fingerprint density at radius 1 is 1.15 bits per heavy atom. The van der Waals surface area contributed by atoms with Gasteiger partial charge in [0, 0.05) is 7.11 Å². The minimum absolute atomic E-state index is 0.440. The molecule has 78 valence electrons. The lowest BCUT2D eigenvalue weighted by atomic mass is 9.99. The molecule has 1 saturated heterocycles. The number of methoxy groups -OCH3 is 1. The second-order valence-corrected chi connectivity index (χ2v) is 2.93. The first-order valence-corrected chi connectivity index (χ1v) is 3.95. The summed E-state index contributed by atoms with van der Waals surface area (Å²) in [6.07, 6.45) is -5.91. The summed E-state index contributed by atoms with van der Waals surface area (Å²) in [5.41, 5.74) is 0. The lowest BCUT2D eigenvalue weighted by Crippen LogP contribution is -2.58. The molecule has 1 aliphatic heterocycles. The van der Waals surface area contributed by atoms with Gasteiger partial charge in [0.05, 0.1) is 6.61 Å². The molecule has 0 aromatic rings. The monoisotopic (exact) mass is 194 g/mol. The Morgan fingerprint density at radius 3 is 2.23 bits per heavy atom. The van der Waals surface area contributed by atoms with Crippen LogP contribution >= 0.6 is 0 Å². The number of ether oxygens (including phenoxy) is 2. The predicted molar refractivity (Wildman–Crippen MR) is 40.8 cm³/mol. The molecule has 6 nitrogen and oxygen atoms in total. The first-order valence-electron chi connectivity index (χ1n) is 3.95. The summed E-state index contributed by atoms with van der Waals surface area (Å²) in [6.45, 7) is -0.440. The summed E-state index contributed by atoms with van der Waals surface area (Å²) < 4.78 is 9.65. The fourth-order valence-electron chi connectivity index (χ4n) is 1.26. The molecule has 0 aromatic heterocycles. The van der Waals surface area contributed by atoms with Gasteiger partial charge < -0.3 is 29.9 Å². The first kappa shape index (κ1) is 10.8. The lowest BCUT2D eigenvalue weighted by molar-refractivity contribution is -0.294. The molecule has 5 atom stereocenters. The maximum absolute atomic E-state index is 9.28. The number of aliphatic hydroxyl groups is 4. The molecule has 1 rings (SSSR count). The van der Waals surface area contributed by atoms with Gasteiger partial charge in [-0.1, -0.05) is 0 Å². The van der Waals surface area contributed by atoms with Gasteiger partial charge in [0.25, 0.3) is 0 Å². The normalized spacial score (nSPS) is 46.4. The quantitative estimate of drug-likeness (QED) is 0.386. The van der Waals surface area contributed by atoms with Crippen LogP contribution in [0.5, 0.6) is 0 Å². The zero-order chi connectivity index (χ0) is 10.0. The van der Waals surface area contributed by atoms with E-state index in [-0.39, 0.29) is 0 Å². The van der Waals surface area contributed by atoms with Crippen LogP contribution in [-0.2, 0) is 9.47 Å². The summed E-state index contributed by atoms with van der Waals surface area (Å²) >= 11 is 0. The maximum atomic E-state index is 9.28. The van der Waals surface area contributed by atoms with Gasteiger partial charge in [0.2, 0.25) is 0 Å². The maximum Gasteiger partial charge on any atom is 0.186 e. The summed E-state index contributed by atoms with van der Waals surface area (Å²) in [5, 5.41) is 36.6. The number of hydrogen-bond acceptors (Lipinski definition) is 6. The van der Waals surface area contributed by atoms with Gasteiger partial charge in [0.1, 0.15) is 24.4 Å². The summed E-state index contributed by atoms with van der Waals surface area (Å²) in [6, 6.07) is 0. The van der Waals surface area contributed by atoms with E-state index in [1.807, 2.05) is 0 Å². The van der Waals surface area contributed by atoms with Crippen molar-refractivity contribution in [2.75, 3.05) is 13.7 Å². The molecule has 1 heterocycles. The van der Waals surface area contributed by atoms with Crippen LogP contribution in [0.4, 0.5) is 0 Å². The van der Waals surface area contributed by atoms with E-state index in [0.29, 0.717) is 0 Å². The highest BCUT2D eigenvalue weighted by Gasteiger charge is 2.43. The third kappa shape index (κ3) is 1.98. The number of aliphatic hydroxyl groups excluding tert-OH is 4. The first-order chi connectivity index (χ1) is 6.11. The predicted octanol–water partition coefficient (Wildman–Crippen LogP) is -2.57. The Morgan fingerprint density at radius 2 is 1.77 bits per heavy atom. The van der Waals surface area contributed by atoms with Crippen LogP contribution in [0, 0.1) is 0 Å². The number of rotatable bonds is 2. The molecule has 0 radical (unpaired) electrons. The largest absolute Gasteiger partial charge is 0.394 e. The van der Waals surface area contributed by atoms with Crippen LogP contribution in [0.1, 0.15) is 0 Å². The third-order valence-electron chi connectivity index (χ3n) is 2.08. The molecule has 0 saturated carbocycles. The van der Waals surface area contributed by atoms with Gasteiger partial charge >= 0.3 is 0 Å². The smallest absolute Gasteiger partial charge is 0.186 e. The van der Waals surface area contributed by atoms with E-state index in [1.165, 1.54) is 7.11 Å². The minimum Gasteiger partial charge on any atom is -0.394 e. The van der Waals surface area contributed by atoms with Crippen LogP contribution in [0.25, 0.3) is 0 Å². The number of hydrogen-bond donors (Lipinski definition) is 4. The minimum atomic E-state index is -1.36. The Labute approximate surface area is 75.3 Å². The van der Waals surface area contributed by atoms with Crippen LogP contribution in [0.15, 0.2) is 0 Å². The summed E-state index contributed by atoms with van der Waals surface area (Å²) in [5.74, 6) is 0. The molecule has 0 amide bonds. The standard InChI is InChI=1S/C7H14O6/c1-12-7-6(11)5(10)4(9)3(2-8)13-7/h3-11H,2H2,1H3/t3-,4?,5?,6?,7?/m0/s1. The van der Waals surface area contributed by atoms with E-state index in [1.54, 1.807) is 0 Å². The third-order valence-corrected chi connectivity index (χ3v) is 2.08. The zero-order valence-corrected chi connectivity index (χ0v) is 7.20. The Kier molecular flexibility index (Phi) is 3.60. The van der Waals surface area contributed by atoms with Gasteiger partial charge in [-0.15, -0.1) is 0 Å². The van der Waals surface area contributed by atoms with E-state index < -0.39 is 37.3 Å². The van der Waals surface area contributed by atoms with Gasteiger partial charge in [-0.25, -0.2) is 0 Å². The van der Waals surface area contributed by atoms with Crippen molar-refractivity contribution in [2.24, 2.45) is 0 Å². The van der Waals surface area contributed by atoms with Gasteiger partial charge in [-0.2, -0.15) is 0 Å². The molecule has 6 heteroatoms. The highest BCUT2D eigenvalue weighted by Crippen LogP contribution is 2.20. The molecule has 0 spiro atoms. The van der Waals surface area contributed by atoms with E-state index >= 15 is 0 Å². The Hall–Kier alpha value is -0.240. The van der Waals surface area contributed by atoms with Gasteiger partial charge in [-0.3, -0.25) is 0 Å². The van der Waals surface area contributed by atoms with Crippen molar-refractivity contribution >= 4 is 0 Å². The molecule has 0 bridgehead atoms. The van der Waals surface area contributed by atoms with Crippen molar-refractivity contribution in [3.8, 4) is 0 Å². The van der Waals surface area contributed by atoms with E-state index in [2.05, 4.69) is 0 Å². The highest BCUT2D eigenvalue weighted by atomic mass is 16.7. The SMILES string of the molecule is COC1O[C@@H](CO)C(O)C(O)C1O. The molecule has 4 unspecified atom stereocenters.